The molecule has 2 heterocycles. The molecule has 4 rings (SSSR count). The average molecular weight is 386 g/mol. The molecule has 0 spiro atoms. The third-order valence-electron chi connectivity index (χ3n) is 6.00. The number of rotatable bonds is 5. The number of ether oxygens (including phenoxy) is 1. The molecule has 1 N–H and O–H groups in total. The summed E-state index contributed by atoms with van der Waals surface area (Å²) in [6, 6.07) is 8.85. The largest absolute Gasteiger partial charge is 0.378 e. The minimum atomic E-state index is -0.247. The maximum Gasteiger partial charge on any atom is 0.226 e. The van der Waals surface area contributed by atoms with Gasteiger partial charge in [-0.25, -0.2) is 4.39 Å². The number of aryl methyl sites for hydroxylation is 1. The van der Waals surface area contributed by atoms with Crippen molar-refractivity contribution in [3.63, 3.8) is 0 Å². The molecule has 1 aromatic carbocycles. The summed E-state index contributed by atoms with van der Waals surface area (Å²) in [5.41, 5.74) is 2.15. The summed E-state index contributed by atoms with van der Waals surface area (Å²) in [6.07, 6.45) is 3.44. The van der Waals surface area contributed by atoms with Crippen LogP contribution in [0.25, 0.3) is 0 Å². The summed E-state index contributed by atoms with van der Waals surface area (Å²) in [6.45, 7) is 3.22. The predicted octanol–water partition coefficient (Wildman–Crippen LogP) is 2.07. The number of amides is 1. The maximum atomic E-state index is 13.4. The number of halogens is 1. The highest BCUT2D eigenvalue weighted by Crippen LogP contribution is 2.41. The highest BCUT2D eigenvalue weighted by atomic mass is 19.1. The Labute approximate surface area is 164 Å². The third kappa shape index (κ3) is 4.10. The number of morpholine rings is 1. The first kappa shape index (κ1) is 19.1. The van der Waals surface area contributed by atoms with Crippen LogP contribution in [0.3, 0.4) is 0 Å². The second kappa shape index (κ2) is 8.41. The van der Waals surface area contributed by atoms with Gasteiger partial charge in [0.2, 0.25) is 5.91 Å². The number of carbonyl (C=O) groups excluding carboxylic acids is 1. The number of hydrogen-bond donors (Lipinski definition) is 1. The van der Waals surface area contributed by atoms with Gasteiger partial charge in [-0.15, -0.1) is 0 Å². The van der Waals surface area contributed by atoms with Crippen LogP contribution in [0.1, 0.15) is 30.0 Å². The van der Waals surface area contributed by atoms with Gasteiger partial charge in [-0.05, 0) is 42.5 Å². The van der Waals surface area contributed by atoms with Crippen molar-refractivity contribution in [1.82, 2.24) is 20.0 Å². The van der Waals surface area contributed by atoms with Gasteiger partial charge in [0, 0.05) is 44.8 Å². The average Bonchev–Trinajstić information content (AvgIpc) is 3.33. The van der Waals surface area contributed by atoms with Crippen molar-refractivity contribution in [1.29, 1.82) is 0 Å². The van der Waals surface area contributed by atoms with Crippen LogP contribution in [0.5, 0.6) is 0 Å². The second-order valence-corrected chi connectivity index (χ2v) is 7.70. The Hall–Kier alpha value is -2.25. The number of nitrogens with zero attached hydrogens (tertiary/aromatic N) is 3. The van der Waals surface area contributed by atoms with Crippen molar-refractivity contribution in [3.05, 3.63) is 53.6 Å². The van der Waals surface area contributed by atoms with Crippen LogP contribution in [0.15, 0.2) is 36.5 Å². The quantitative estimate of drug-likeness (QED) is 0.855. The number of nitrogens with one attached hydrogen (secondary N) is 1. The molecular weight excluding hydrogens is 359 g/mol. The molecule has 2 aromatic rings. The molecule has 0 unspecified atom stereocenters. The number of aromatic nitrogens is 2. The van der Waals surface area contributed by atoms with Gasteiger partial charge in [0.25, 0.3) is 0 Å². The summed E-state index contributed by atoms with van der Waals surface area (Å²) in [7, 11) is 1.93. The third-order valence-corrected chi connectivity index (χ3v) is 6.00. The van der Waals surface area contributed by atoms with E-state index in [1.54, 1.807) is 6.20 Å². The van der Waals surface area contributed by atoms with Gasteiger partial charge >= 0.3 is 0 Å². The van der Waals surface area contributed by atoms with Gasteiger partial charge < -0.3 is 15.0 Å². The number of benzene rings is 1. The first-order valence-electron chi connectivity index (χ1n) is 9.94. The van der Waals surface area contributed by atoms with E-state index in [1.165, 1.54) is 12.1 Å². The minimum Gasteiger partial charge on any atom is -0.378 e. The summed E-state index contributed by atoms with van der Waals surface area (Å²) >= 11 is 0. The van der Waals surface area contributed by atoms with Crippen molar-refractivity contribution >= 4 is 5.91 Å². The van der Waals surface area contributed by atoms with E-state index in [0.29, 0.717) is 26.3 Å². The zero-order valence-corrected chi connectivity index (χ0v) is 16.2. The van der Waals surface area contributed by atoms with Gasteiger partial charge in [0.05, 0.1) is 18.9 Å². The van der Waals surface area contributed by atoms with E-state index in [4.69, 9.17) is 4.74 Å². The molecule has 3 atom stereocenters. The molecule has 0 bridgehead atoms. The highest BCUT2D eigenvalue weighted by Gasteiger charge is 2.41. The maximum absolute atomic E-state index is 13.4. The van der Waals surface area contributed by atoms with Crippen molar-refractivity contribution < 1.29 is 13.9 Å². The van der Waals surface area contributed by atoms with Crippen LogP contribution in [0, 0.1) is 11.7 Å². The van der Waals surface area contributed by atoms with Crippen LogP contribution in [0.4, 0.5) is 4.39 Å². The molecule has 1 aromatic heterocycles. The van der Waals surface area contributed by atoms with E-state index in [0.717, 1.165) is 30.6 Å². The van der Waals surface area contributed by atoms with Crippen LogP contribution in [-0.4, -0.2) is 52.9 Å². The monoisotopic (exact) mass is 386 g/mol. The summed E-state index contributed by atoms with van der Waals surface area (Å²) < 4.78 is 20.7. The fourth-order valence-corrected chi connectivity index (χ4v) is 4.40. The fraction of sp³-hybridized carbons (Fsp3) is 0.524. The lowest BCUT2D eigenvalue weighted by Gasteiger charge is -2.31. The minimum absolute atomic E-state index is 0.0902. The number of carbonyl (C=O) groups is 1. The molecule has 1 aliphatic carbocycles. The molecule has 150 valence electrons. The van der Waals surface area contributed by atoms with Gasteiger partial charge in [-0.1, -0.05) is 12.1 Å². The first-order valence-corrected chi connectivity index (χ1v) is 9.94. The standard InChI is InChI=1S/C21H27FN4O2/c1-25-18(6-7-24-25)14-23-17-12-19(15-2-4-16(22)5-3-15)20(13-17)21(27)26-8-10-28-11-9-26/h2-7,17,19-20,23H,8-14H2,1H3/t17-,19+,20-/m0/s1. The zero-order valence-electron chi connectivity index (χ0n) is 16.2. The van der Waals surface area contributed by atoms with Gasteiger partial charge in [0.1, 0.15) is 5.82 Å². The topological polar surface area (TPSA) is 59.4 Å². The van der Waals surface area contributed by atoms with E-state index in [1.807, 2.05) is 34.8 Å². The SMILES string of the molecule is Cn1nccc1CN[C@@H]1C[C@H](C(=O)N2CCOCC2)[C@@H](c2ccc(F)cc2)C1. The zero-order chi connectivity index (χ0) is 19.5. The van der Waals surface area contributed by atoms with Crippen LogP contribution in [0.2, 0.25) is 0 Å². The van der Waals surface area contributed by atoms with Crippen molar-refractivity contribution in [2.75, 3.05) is 26.3 Å². The first-order chi connectivity index (χ1) is 13.6. The van der Waals surface area contributed by atoms with Gasteiger partial charge in [-0.2, -0.15) is 5.10 Å². The van der Waals surface area contributed by atoms with E-state index >= 15 is 0 Å². The Bertz CT molecular complexity index is 801. The molecule has 7 heteroatoms. The Balaban J connectivity index is 1.49. The predicted molar refractivity (Wildman–Crippen MR) is 103 cm³/mol. The summed E-state index contributed by atoms with van der Waals surface area (Å²) in [5.74, 6) is -0.0428. The van der Waals surface area contributed by atoms with Gasteiger partial charge in [0.15, 0.2) is 0 Å². The molecule has 2 aliphatic rings. The smallest absolute Gasteiger partial charge is 0.226 e. The van der Waals surface area contributed by atoms with Crippen molar-refractivity contribution in [2.45, 2.75) is 31.3 Å². The summed E-state index contributed by atoms with van der Waals surface area (Å²) in [4.78, 5) is 15.2. The van der Waals surface area contributed by atoms with Crippen LogP contribution >= 0.6 is 0 Å². The lowest BCUT2D eigenvalue weighted by Crippen LogP contribution is -2.44. The van der Waals surface area contributed by atoms with E-state index in [2.05, 4.69) is 10.4 Å². The fourth-order valence-electron chi connectivity index (χ4n) is 4.40. The van der Waals surface area contributed by atoms with Gasteiger partial charge in [-0.3, -0.25) is 9.48 Å². The van der Waals surface area contributed by atoms with Crippen LogP contribution < -0.4 is 5.32 Å². The van der Waals surface area contributed by atoms with Crippen molar-refractivity contribution in [3.8, 4) is 0 Å². The Morgan fingerprint density at radius 3 is 2.64 bits per heavy atom. The normalized spacial score (nSPS) is 25.2. The van der Waals surface area contributed by atoms with E-state index in [-0.39, 0.29) is 29.6 Å². The van der Waals surface area contributed by atoms with E-state index < -0.39 is 0 Å². The molecule has 0 radical (unpaired) electrons. The number of hydrogen-bond acceptors (Lipinski definition) is 4. The van der Waals surface area contributed by atoms with Crippen molar-refractivity contribution in [2.24, 2.45) is 13.0 Å². The lowest BCUT2D eigenvalue weighted by atomic mass is 9.88. The molecule has 2 fully saturated rings. The summed E-state index contributed by atoms with van der Waals surface area (Å²) in [5, 5.41) is 7.80. The van der Waals surface area contributed by atoms with Crippen LogP contribution in [-0.2, 0) is 23.1 Å². The molecular formula is C21H27FN4O2. The molecule has 1 amide bonds. The molecule has 1 saturated carbocycles. The van der Waals surface area contributed by atoms with E-state index in [9.17, 15) is 9.18 Å². The Kier molecular flexibility index (Phi) is 5.73. The second-order valence-electron chi connectivity index (χ2n) is 7.70. The molecule has 1 saturated heterocycles. The lowest BCUT2D eigenvalue weighted by molar-refractivity contribution is -0.140. The Morgan fingerprint density at radius 1 is 1.21 bits per heavy atom. The Morgan fingerprint density at radius 2 is 1.96 bits per heavy atom. The molecule has 1 aliphatic heterocycles. The molecule has 6 nitrogen and oxygen atoms in total. The molecule has 28 heavy (non-hydrogen) atoms. The highest BCUT2D eigenvalue weighted by molar-refractivity contribution is 5.80.